The fraction of sp³-hybridized carbons (Fsp3) is 0.600. The van der Waals surface area contributed by atoms with Gasteiger partial charge >= 0.3 is 0 Å². The number of rotatable bonds is 2. The van der Waals surface area contributed by atoms with Gasteiger partial charge in [0.25, 0.3) is 0 Å². The predicted octanol–water partition coefficient (Wildman–Crippen LogP) is 3.73. The van der Waals surface area contributed by atoms with E-state index in [0.29, 0.717) is 5.41 Å². The van der Waals surface area contributed by atoms with Crippen molar-refractivity contribution in [3.63, 3.8) is 0 Å². The van der Waals surface area contributed by atoms with Crippen LogP contribution in [0.25, 0.3) is 0 Å². The van der Waals surface area contributed by atoms with Gasteiger partial charge in [0, 0.05) is 41.9 Å². The molecule has 2 aliphatic rings. The number of ether oxygens (including phenoxy) is 1. The second kappa shape index (κ2) is 4.86. The summed E-state index contributed by atoms with van der Waals surface area (Å²) in [6.07, 6.45) is 3.54. The van der Waals surface area contributed by atoms with E-state index in [4.69, 9.17) is 4.74 Å². The Hall–Kier alpha value is -0.540. The number of hydrogen-bond donors (Lipinski definition) is 0. The fourth-order valence-electron chi connectivity index (χ4n) is 3.41. The van der Waals surface area contributed by atoms with E-state index in [9.17, 15) is 0 Å². The van der Waals surface area contributed by atoms with E-state index >= 15 is 0 Å². The second-order valence-corrected chi connectivity index (χ2v) is 6.39. The minimum atomic E-state index is 0.351. The van der Waals surface area contributed by atoms with Crippen molar-refractivity contribution in [1.29, 1.82) is 0 Å². The minimum absolute atomic E-state index is 0.351. The quantitative estimate of drug-likeness (QED) is 0.825. The molecule has 1 fully saturated rings. The summed E-state index contributed by atoms with van der Waals surface area (Å²) in [5, 5.41) is 0. The lowest BCUT2D eigenvalue weighted by Crippen LogP contribution is -2.38. The standard InChI is InChI=1S/C15H20BrNO/c1-2-7-17-11-15(5-8-18-9-6-15)13-4-3-12(16)10-14(13)17/h3-4,10H,2,5-9,11H2,1H3. The van der Waals surface area contributed by atoms with Gasteiger partial charge < -0.3 is 9.64 Å². The summed E-state index contributed by atoms with van der Waals surface area (Å²) in [4.78, 5) is 2.56. The zero-order valence-electron chi connectivity index (χ0n) is 10.9. The van der Waals surface area contributed by atoms with E-state index in [2.05, 4.69) is 46.0 Å². The van der Waals surface area contributed by atoms with E-state index in [1.54, 1.807) is 5.56 Å². The molecule has 2 heterocycles. The van der Waals surface area contributed by atoms with Crippen LogP contribution in [-0.4, -0.2) is 26.3 Å². The number of halogens is 1. The van der Waals surface area contributed by atoms with Crippen LogP contribution < -0.4 is 4.90 Å². The topological polar surface area (TPSA) is 12.5 Å². The average molecular weight is 310 g/mol. The Morgan fingerprint density at radius 2 is 2.11 bits per heavy atom. The molecule has 1 aromatic rings. The number of fused-ring (bicyclic) bond motifs is 2. The predicted molar refractivity (Wildman–Crippen MR) is 78.4 cm³/mol. The van der Waals surface area contributed by atoms with E-state index < -0.39 is 0 Å². The number of hydrogen-bond acceptors (Lipinski definition) is 2. The van der Waals surface area contributed by atoms with Crippen LogP contribution in [0.2, 0.25) is 0 Å². The van der Waals surface area contributed by atoms with Gasteiger partial charge in [-0.05, 0) is 37.0 Å². The molecule has 0 unspecified atom stereocenters. The maximum absolute atomic E-state index is 5.56. The Balaban J connectivity index is 2.01. The first-order valence-corrected chi connectivity index (χ1v) is 7.67. The molecular weight excluding hydrogens is 290 g/mol. The smallest absolute Gasteiger partial charge is 0.0475 e. The third-order valence-corrected chi connectivity index (χ3v) is 4.80. The lowest BCUT2D eigenvalue weighted by molar-refractivity contribution is 0.0553. The average Bonchev–Trinajstić information content (AvgIpc) is 2.65. The van der Waals surface area contributed by atoms with Crippen molar-refractivity contribution in [3.05, 3.63) is 28.2 Å². The van der Waals surface area contributed by atoms with Gasteiger partial charge in [0.2, 0.25) is 0 Å². The third-order valence-electron chi connectivity index (χ3n) is 4.31. The molecule has 0 radical (unpaired) electrons. The largest absolute Gasteiger partial charge is 0.381 e. The Bertz CT molecular complexity index is 440. The van der Waals surface area contributed by atoms with Gasteiger partial charge in [-0.15, -0.1) is 0 Å². The van der Waals surface area contributed by atoms with Crippen molar-refractivity contribution in [2.45, 2.75) is 31.6 Å². The van der Waals surface area contributed by atoms with Crippen molar-refractivity contribution >= 4 is 21.6 Å². The van der Waals surface area contributed by atoms with E-state index in [-0.39, 0.29) is 0 Å². The molecule has 0 saturated carbocycles. The molecule has 0 aliphatic carbocycles. The van der Waals surface area contributed by atoms with Gasteiger partial charge in [-0.2, -0.15) is 0 Å². The molecule has 0 N–H and O–H groups in total. The molecule has 1 aromatic carbocycles. The number of nitrogens with zero attached hydrogens (tertiary/aromatic N) is 1. The van der Waals surface area contributed by atoms with Crippen molar-refractivity contribution < 1.29 is 4.74 Å². The molecule has 1 spiro atoms. The minimum Gasteiger partial charge on any atom is -0.381 e. The van der Waals surface area contributed by atoms with Gasteiger partial charge in [-0.25, -0.2) is 0 Å². The van der Waals surface area contributed by atoms with Gasteiger partial charge in [-0.3, -0.25) is 0 Å². The molecule has 0 bridgehead atoms. The molecule has 1 saturated heterocycles. The zero-order valence-corrected chi connectivity index (χ0v) is 12.5. The highest BCUT2D eigenvalue weighted by molar-refractivity contribution is 9.10. The molecule has 0 amide bonds. The summed E-state index contributed by atoms with van der Waals surface area (Å²) < 4.78 is 6.75. The number of benzene rings is 1. The Kier molecular flexibility index (Phi) is 3.37. The van der Waals surface area contributed by atoms with Gasteiger partial charge in [0.1, 0.15) is 0 Å². The van der Waals surface area contributed by atoms with E-state index in [0.717, 1.165) is 19.8 Å². The van der Waals surface area contributed by atoms with Gasteiger partial charge in [0.05, 0.1) is 0 Å². The zero-order chi connectivity index (χ0) is 12.6. The second-order valence-electron chi connectivity index (χ2n) is 5.48. The lowest BCUT2D eigenvalue weighted by atomic mass is 9.76. The van der Waals surface area contributed by atoms with E-state index in [1.807, 2.05) is 0 Å². The highest BCUT2D eigenvalue weighted by atomic mass is 79.9. The van der Waals surface area contributed by atoms with Crippen LogP contribution in [0, 0.1) is 0 Å². The van der Waals surface area contributed by atoms with Crippen LogP contribution in [0.15, 0.2) is 22.7 Å². The van der Waals surface area contributed by atoms with Crippen LogP contribution in [-0.2, 0) is 10.2 Å². The van der Waals surface area contributed by atoms with Crippen LogP contribution in [0.5, 0.6) is 0 Å². The van der Waals surface area contributed by atoms with Crippen molar-refractivity contribution in [2.24, 2.45) is 0 Å². The molecule has 18 heavy (non-hydrogen) atoms. The van der Waals surface area contributed by atoms with Gasteiger partial charge in [0.15, 0.2) is 0 Å². The molecule has 3 rings (SSSR count). The summed E-state index contributed by atoms with van der Waals surface area (Å²) in [5.41, 5.74) is 3.33. The molecule has 2 aliphatic heterocycles. The SMILES string of the molecule is CCCN1CC2(CCOCC2)c2ccc(Br)cc21. The molecule has 0 atom stereocenters. The van der Waals surface area contributed by atoms with Crippen LogP contribution >= 0.6 is 15.9 Å². The third kappa shape index (κ3) is 1.97. The summed E-state index contributed by atoms with van der Waals surface area (Å²) in [6, 6.07) is 6.79. The Morgan fingerprint density at radius 1 is 1.33 bits per heavy atom. The maximum Gasteiger partial charge on any atom is 0.0475 e. The summed E-state index contributed by atoms with van der Waals surface area (Å²) in [7, 11) is 0. The first-order valence-electron chi connectivity index (χ1n) is 6.88. The maximum atomic E-state index is 5.56. The van der Waals surface area contributed by atoms with Crippen molar-refractivity contribution in [1.82, 2.24) is 0 Å². The molecule has 0 aromatic heterocycles. The summed E-state index contributed by atoms with van der Waals surface area (Å²) >= 11 is 3.60. The van der Waals surface area contributed by atoms with Crippen LogP contribution in [0.3, 0.4) is 0 Å². The van der Waals surface area contributed by atoms with Crippen molar-refractivity contribution in [3.8, 4) is 0 Å². The summed E-state index contributed by atoms with van der Waals surface area (Å²) in [6.45, 7) is 6.42. The van der Waals surface area contributed by atoms with Gasteiger partial charge in [-0.1, -0.05) is 28.9 Å². The van der Waals surface area contributed by atoms with Crippen LogP contribution in [0.1, 0.15) is 31.7 Å². The van der Waals surface area contributed by atoms with E-state index in [1.165, 1.54) is 36.0 Å². The number of anilines is 1. The molecule has 3 heteroatoms. The first kappa shape index (κ1) is 12.5. The summed E-state index contributed by atoms with van der Waals surface area (Å²) in [5.74, 6) is 0. The normalized spacial score (nSPS) is 21.3. The first-order chi connectivity index (χ1) is 8.75. The van der Waals surface area contributed by atoms with Crippen molar-refractivity contribution in [2.75, 3.05) is 31.2 Å². The molecular formula is C15H20BrNO. The lowest BCUT2D eigenvalue weighted by Gasteiger charge is -2.34. The Labute approximate surface area is 117 Å². The highest BCUT2D eigenvalue weighted by Crippen LogP contribution is 2.47. The van der Waals surface area contributed by atoms with Crippen LogP contribution in [0.4, 0.5) is 5.69 Å². The monoisotopic (exact) mass is 309 g/mol. The fourth-order valence-corrected chi connectivity index (χ4v) is 3.76. The molecule has 2 nitrogen and oxygen atoms in total. The Morgan fingerprint density at radius 3 is 2.83 bits per heavy atom. The molecule has 98 valence electrons. The highest BCUT2D eigenvalue weighted by Gasteiger charge is 2.43.